The van der Waals surface area contributed by atoms with Crippen LogP contribution in [0.25, 0.3) is 0 Å². The molecule has 0 saturated heterocycles. The lowest BCUT2D eigenvalue weighted by Crippen LogP contribution is -2.11. The number of ether oxygens (including phenoxy) is 1. The molecule has 2 aliphatic rings. The molecule has 0 aromatic rings. The van der Waals surface area contributed by atoms with Gasteiger partial charge in [0.15, 0.2) is 0 Å². The van der Waals surface area contributed by atoms with E-state index in [0.717, 1.165) is 18.8 Å². The van der Waals surface area contributed by atoms with Gasteiger partial charge in [-0.3, -0.25) is 0 Å². The van der Waals surface area contributed by atoms with E-state index in [1.54, 1.807) is 5.57 Å². The average Bonchev–Trinajstić information content (AvgIpc) is 2.83. The monoisotopic (exact) mass is 264 g/mol. The summed E-state index contributed by atoms with van der Waals surface area (Å²) in [6.07, 6.45) is 11.2. The smallest absolute Gasteiger partial charge is 0.0974 e. The van der Waals surface area contributed by atoms with Gasteiger partial charge in [0.25, 0.3) is 0 Å². The number of hydrogen-bond donors (Lipinski definition) is 0. The minimum absolute atomic E-state index is 0.219. The molecule has 0 fully saturated rings. The fourth-order valence-electron chi connectivity index (χ4n) is 2.46. The quantitative estimate of drug-likeness (QED) is 0.497. The third kappa shape index (κ3) is 5.84. The lowest BCUT2D eigenvalue weighted by Gasteiger charge is -2.25. The van der Waals surface area contributed by atoms with E-state index >= 15 is 0 Å². The van der Waals surface area contributed by atoms with Gasteiger partial charge >= 0.3 is 0 Å². The largest absolute Gasteiger partial charge is 0.497 e. The van der Waals surface area contributed by atoms with Crippen molar-refractivity contribution in [3.8, 4) is 0 Å². The molecule has 0 spiro atoms. The lowest BCUT2D eigenvalue weighted by molar-refractivity contribution is 0.179. The zero-order valence-electron chi connectivity index (χ0n) is 13.8. The minimum Gasteiger partial charge on any atom is -0.497 e. The summed E-state index contributed by atoms with van der Waals surface area (Å²) in [5, 5.41) is 0. The van der Waals surface area contributed by atoms with E-state index in [0.29, 0.717) is 5.41 Å². The highest BCUT2D eigenvalue weighted by Gasteiger charge is 2.20. The maximum absolute atomic E-state index is 5.38. The standard InChI is InChI=1S/C10H18.C8H14O/c1-10(2,3)9-7-5-4-6-8-9;1-8(2,3)7-5-4-6-9-7/h7H,4-6,8H2,1-3H3;5H,4,6H2,1-3H3. The van der Waals surface area contributed by atoms with Crippen LogP contribution < -0.4 is 0 Å². The molecule has 0 aromatic heterocycles. The molecule has 0 amide bonds. The first-order chi connectivity index (χ1) is 8.71. The van der Waals surface area contributed by atoms with Crippen LogP contribution in [0.15, 0.2) is 23.5 Å². The lowest BCUT2D eigenvalue weighted by atomic mass is 9.80. The third-order valence-corrected chi connectivity index (χ3v) is 3.70. The molecule has 0 saturated carbocycles. The molecule has 1 heteroatoms. The van der Waals surface area contributed by atoms with Crippen molar-refractivity contribution in [3.05, 3.63) is 23.5 Å². The molecule has 1 aliphatic heterocycles. The van der Waals surface area contributed by atoms with E-state index in [2.05, 4.69) is 53.7 Å². The normalized spacial score (nSPS) is 19.9. The molecule has 0 aromatic carbocycles. The molecular formula is C18H32O. The molecule has 0 atom stereocenters. The minimum atomic E-state index is 0.219. The maximum atomic E-state index is 5.38. The van der Waals surface area contributed by atoms with Gasteiger partial charge in [-0.25, -0.2) is 0 Å². The third-order valence-electron chi connectivity index (χ3n) is 3.70. The zero-order valence-corrected chi connectivity index (χ0v) is 13.8. The van der Waals surface area contributed by atoms with Crippen LogP contribution in [0.4, 0.5) is 0 Å². The second-order valence-corrected chi connectivity index (χ2v) is 7.68. The summed E-state index contributed by atoms with van der Waals surface area (Å²) >= 11 is 0. The zero-order chi connectivity index (χ0) is 14.5. The van der Waals surface area contributed by atoms with E-state index < -0.39 is 0 Å². The van der Waals surface area contributed by atoms with Gasteiger partial charge < -0.3 is 4.74 Å². The number of hydrogen-bond acceptors (Lipinski definition) is 1. The Morgan fingerprint density at radius 1 is 0.842 bits per heavy atom. The highest BCUT2D eigenvalue weighted by Crippen LogP contribution is 2.32. The van der Waals surface area contributed by atoms with Crippen LogP contribution in [-0.4, -0.2) is 6.61 Å². The van der Waals surface area contributed by atoms with Gasteiger partial charge in [0.2, 0.25) is 0 Å². The van der Waals surface area contributed by atoms with Crippen molar-refractivity contribution >= 4 is 0 Å². The highest BCUT2D eigenvalue weighted by atomic mass is 16.5. The van der Waals surface area contributed by atoms with E-state index in [9.17, 15) is 0 Å². The molecule has 0 unspecified atom stereocenters. The van der Waals surface area contributed by atoms with Crippen molar-refractivity contribution in [2.45, 2.75) is 73.6 Å². The molecule has 1 aliphatic carbocycles. The predicted octanol–water partition coefficient (Wildman–Crippen LogP) is 5.87. The van der Waals surface area contributed by atoms with Crippen molar-refractivity contribution in [1.82, 2.24) is 0 Å². The van der Waals surface area contributed by atoms with Crippen LogP contribution in [0, 0.1) is 10.8 Å². The van der Waals surface area contributed by atoms with Crippen LogP contribution in [0.1, 0.15) is 73.6 Å². The summed E-state index contributed by atoms with van der Waals surface area (Å²) in [5.74, 6) is 1.16. The second kappa shape index (κ2) is 6.63. The first-order valence-corrected chi connectivity index (χ1v) is 7.74. The maximum Gasteiger partial charge on any atom is 0.0974 e. The van der Waals surface area contributed by atoms with Crippen molar-refractivity contribution in [1.29, 1.82) is 0 Å². The predicted molar refractivity (Wildman–Crippen MR) is 84.1 cm³/mol. The summed E-state index contributed by atoms with van der Waals surface area (Å²) in [6.45, 7) is 14.3. The Hall–Kier alpha value is -0.720. The summed E-state index contributed by atoms with van der Waals surface area (Å²) in [4.78, 5) is 0. The van der Waals surface area contributed by atoms with Crippen molar-refractivity contribution < 1.29 is 4.74 Å². The summed E-state index contributed by atoms with van der Waals surface area (Å²) in [6, 6.07) is 0. The molecule has 0 bridgehead atoms. The first kappa shape index (κ1) is 16.3. The van der Waals surface area contributed by atoms with E-state index in [1.165, 1.54) is 25.7 Å². The Kier molecular flexibility index (Phi) is 5.70. The van der Waals surface area contributed by atoms with Crippen molar-refractivity contribution in [2.75, 3.05) is 6.61 Å². The molecule has 19 heavy (non-hydrogen) atoms. The van der Waals surface area contributed by atoms with Crippen LogP contribution in [0.3, 0.4) is 0 Å². The van der Waals surface area contributed by atoms with Crippen LogP contribution in [0.5, 0.6) is 0 Å². The van der Waals surface area contributed by atoms with Gasteiger partial charge in [-0.1, -0.05) is 53.2 Å². The Morgan fingerprint density at radius 2 is 1.53 bits per heavy atom. The Morgan fingerprint density at radius 3 is 1.79 bits per heavy atom. The van der Waals surface area contributed by atoms with Crippen LogP contribution >= 0.6 is 0 Å². The summed E-state index contributed by atoms with van der Waals surface area (Å²) < 4.78 is 5.38. The second-order valence-electron chi connectivity index (χ2n) is 7.68. The molecule has 110 valence electrons. The van der Waals surface area contributed by atoms with Gasteiger partial charge in [-0.15, -0.1) is 0 Å². The molecule has 0 N–H and O–H groups in total. The molecule has 0 radical (unpaired) electrons. The highest BCUT2D eigenvalue weighted by molar-refractivity contribution is 5.12. The summed E-state index contributed by atoms with van der Waals surface area (Å²) in [7, 11) is 0. The summed E-state index contributed by atoms with van der Waals surface area (Å²) in [5.41, 5.74) is 2.32. The number of rotatable bonds is 0. The van der Waals surface area contributed by atoms with E-state index in [-0.39, 0.29) is 5.41 Å². The average molecular weight is 264 g/mol. The Balaban J connectivity index is 0.000000191. The van der Waals surface area contributed by atoms with Crippen molar-refractivity contribution in [3.63, 3.8) is 0 Å². The first-order valence-electron chi connectivity index (χ1n) is 7.74. The van der Waals surface area contributed by atoms with Crippen molar-refractivity contribution in [2.24, 2.45) is 10.8 Å². The number of allylic oxidation sites excluding steroid dienone is 3. The fourth-order valence-corrected chi connectivity index (χ4v) is 2.46. The van der Waals surface area contributed by atoms with Gasteiger partial charge in [0.05, 0.1) is 12.4 Å². The van der Waals surface area contributed by atoms with Gasteiger partial charge in [-0.05, 0) is 37.2 Å². The Bertz CT molecular complexity index is 334. The van der Waals surface area contributed by atoms with E-state index in [4.69, 9.17) is 4.74 Å². The molecule has 1 heterocycles. The Labute approximate surface area is 120 Å². The van der Waals surface area contributed by atoms with Gasteiger partial charge in [0, 0.05) is 11.8 Å². The van der Waals surface area contributed by atoms with Gasteiger partial charge in [0.1, 0.15) is 0 Å². The topological polar surface area (TPSA) is 9.23 Å². The fraction of sp³-hybridized carbons (Fsp3) is 0.778. The van der Waals surface area contributed by atoms with Crippen LogP contribution in [0.2, 0.25) is 0 Å². The molecule has 1 nitrogen and oxygen atoms in total. The molecule has 2 rings (SSSR count). The van der Waals surface area contributed by atoms with Crippen LogP contribution in [-0.2, 0) is 4.74 Å². The SMILES string of the molecule is CC(C)(C)C1=CCCCC1.CC(C)(C)C1=CCCO1. The molecular weight excluding hydrogens is 232 g/mol. The van der Waals surface area contributed by atoms with Gasteiger partial charge in [-0.2, -0.15) is 0 Å². The van der Waals surface area contributed by atoms with E-state index in [1.807, 2.05) is 0 Å².